The molecule has 3 aliphatic rings. The summed E-state index contributed by atoms with van der Waals surface area (Å²) in [5.74, 6) is 2.26. The van der Waals surface area contributed by atoms with Crippen molar-refractivity contribution in [3.63, 3.8) is 0 Å². The molecule has 0 bridgehead atoms. The molecule has 0 fully saturated rings. The highest BCUT2D eigenvalue weighted by Gasteiger charge is 2.34. The van der Waals surface area contributed by atoms with Crippen LogP contribution in [0.25, 0.3) is 11.1 Å². The number of hydrogen-bond acceptors (Lipinski definition) is 5. The van der Waals surface area contributed by atoms with E-state index in [1.165, 1.54) is 11.1 Å². The Morgan fingerprint density at radius 3 is 2.83 bits per heavy atom. The predicted octanol–water partition coefficient (Wildman–Crippen LogP) is 2.54. The normalized spacial score (nSPS) is 20.0. The number of benzene rings is 2. The number of rotatable bonds is 1. The lowest BCUT2D eigenvalue weighted by molar-refractivity contribution is 0.174. The number of nitrogens with one attached hydrogen (secondary N) is 1. The van der Waals surface area contributed by atoms with Crippen molar-refractivity contribution in [2.75, 3.05) is 20.4 Å². The number of phenolic OH excluding ortho intramolecular Hbond substituents is 1. The smallest absolute Gasteiger partial charge is 0.231 e. The molecule has 1 atom stereocenters. The van der Waals surface area contributed by atoms with Gasteiger partial charge < -0.3 is 24.6 Å². The van der Waals surface area contributed by atoms with Crippen LogP contribution >= 0.6 is 0 Å². The summed E-state index contributed by atoms with van der Waals surface area (Å²) in [4.78, 5) is 0. The Hall–Kier alpha value is -2.40. The molecule has 5 nitrogen and oxygen atoms in total. The average molecular weight is 311 g/mol. The van der Waals surface area contributed by atoms with Crippen molar-refractivity contribution in [3.8, 4) is 34.1 Å². The van der Waals surface area contributed by atoms with Crippen LogP contribution < -0.4 is 19.5 Å². The fraction of sp³-hybridized carbons (Fsp3) is 0.333. The van der Waals surface area contributed by atoms with E-state index in [-0.39, 0.29) is 18.6 Å². The van der Waals surface area contributed by atoms with Gasteiger partial charge in [0.15, 0.2) is 23.0 Å². The quantitative estimate of drug-likeness (QED) is 0.847. The summed E-state index contributed by atoms with van der Waals surface area (Å²) in [6.07, 6.45) is 1.83. The summed E-state index contributed by atoms with van der Waals surface area (Å²) in [5, 5.41) is 14.3. The van der Waals surface area contributed by atoms with Crippen molar-refractivity contribution in [3.05, 3.63) is 34.9 Å². The van der Waals surface area contributed by atoms with Crippen LogP contribution in [0, 0.1) is 0 Å². The number of ether oxygens (including phenoxy) is 3. The Kier molecular flexibility index (Phi) is 2.59. The molecule has 5 heteroatoms. The van der Waals surface area contributed by atoms with E-state index in [1.54, 1.807) is 7.11 Å². The molecule has 0 saturated heterocycles. The maximum absolute atomic E-state index is 10.8. The number of hydrogen-bond donors (Lipinski definition) is 2. The van der Waals surface area contributed by atoms with E-state index in [4.69, 9.17) is 14.2 Å². The van der Waals surface area contributed by atoms with Gasteiger partial charge in [0.2, 0.25) is 6.79 Å². The Morgan fingerprint density at radius 2 is 2.00 bits per heavy atom. The number of aromatic hydroxyl groups is 1. The minimum Gasteiger partial charge on any atom is -0.504 e. The summed E-state index contributed by atoms with van der Waals surface area (Å²) in [5.41, 5.74) is 5.50. The zero-order chi connectivity index (χ0) is 15.6. The van der Waals surface area contributed by atoms with Crippen LogP contribution in [0.4, 0.5) is 0 Å². The molecule has 2 aromatic carbocycles. The summed E-state index contributed by atoms with van der Waals surface area (Å²) >= 11 is 0. The van der Waals surface area contributed by atoms with Gasteiger partial charge in [-0.2, -0.15) is 0 Å². The second-order valence-electron chi connectivity index (χ2n) is 6.20. The van der Waals surface area contributed by atoms with Crippen LogP contribution in [-0.2, 0) is 12.8 Å². The Balaban J connectivity index is 1.83. The summed E-state index contributed by atoms with van der Waals surface area (Å²) in [6.45, 7) is 1.19. The SMILES string of the molecule is COc1cc2c3c(c1O)-c1cc4c(cc1C[C@@H]3NCC2)OCO4. The molecule has 2 aliphatic heterocycles. The Labute approximate surface area is 133 Å². The molecule has 2 heterocycles. The van der Waals surface area contributed by atoms with E-state index in [2.05, 4.69) is 5.32 Å². The van der Waals surface area contributed by atoms with Crippen LogP contribution in [-0.4, -0.2) is 25.6 Å². The predicted molar refractivity (Wildman–Crippen MR) is 84.4 cm³/mol. The third kappa shape index (κ3) is 1.71. The van der Waals surface area contributed by atoms with Gasteiger partial charge in [-0.15, -0.1) is 0 Å². The molecule has 2 aromatic rings. The first-order valence-corrected chi connectivity index (χ1v) is 7.85. The van der Waals surface area contributed by atoms with Crippen molar-refractivity contribution in [2.24, 2.45) is 0 Å². The third-order valence-electron chi connectivity index (χ3n) is 5.04. The van der Waals surface area contributed by atoms with Crippen LogP contribution in [0.2, 0.25) is 0 Å². The van der Waals surface area contributed by atoms with Gasteiger partial charge in [-0.1, -0.05) is 0 Å². The molecule has 0 radical (unpaired) electrons. The van der Waals surface area contributed by atoms with E-state index in [9.17, 15) is 5.11 Å². The van der Waals surface area contributed by atoms with Gasteiger partial charge in [-0.3, -0.25) is 0 Å². The first-order chi connectivity index (χ1) is 11.3. The van der Waals surface area contributed by atoms with Gasteiger partial charge in [-0.25, -0.2) is 0 Å². The molecule has 0 saturated carbocycles. The summed E-state index contributed by atoms with van der Waals surface area (Å²) in [6, 6.07) is 6.21. The highest BCUT2D eigenvalue weighted by atomic mass is 16.7. The second-order valence-corrected chi connectivity index (χ2v) is 6.20. The highest BCUT2D eigenvalue weighted by molar-refractivity contribution is 5.84. The lowest BCUT2D eigenvalue weighted by Crippen LogP contribution is -2.33. The zero-order valence-corrected chi connectivity index (χ0v) is 12.8. The van der Waals surface area contributed by atoms with Crippen LogP contribution in [0.1, 0.15) is 22.7 Å². The van der Waals surface area contributed by atoms with Gasteiger partial charge >= 0.3 is 0 Å². The number of fused-ring (bicyclic) bond motifs is 3. The number of phenols is 1. The van der Waals surface area contributed by atoms with Crippen LogP contribution in [0.3, 0.4) is 0 Å². The van der Waals surface area contributed by atoms with Crippen molar-refractivity contribution in [1.82, 2.24) is 5.32 Å². The molecule has 23 heavy (non-hydrogen) atoms. The van der Waals surface area contributed by atoms with Crippen molar-refractivity contribution in [2.45, 2.75) is 18.9 Å². The van der Waals surface area contributed by atoms with Crippen LogP contribution in [0.15, 0.2) is 18.2 Å². The molecule has 118 valence electrons. The standard InChI is InChI=1S/C18H17NO4/c1-21-15-5-9-2-3-19-12-4-10-6-13-14(23-8-22-13)7-11(10)17(16(9)12)18(15)20/h5-7,12,19-20H,2-4,8H2,1H3/t12-/m0/s1. The van der Waals surface area contributed by atoms with E-state index in [1.807, 2.05) is 18.2 Å². The zero-order valence-electron chi connectivity index (χ0n) is 12.8. The summed E-state index contributed by atoms with van der Waals surface area (Å²) in [7, 11) is 1.59. The molecular weight excluding hydrogens is 294 g/mol. The van der Waals surface area contributed by atoms with Crippen molar-refractivity contribution < 1.29 is 19.3 Å². The van der Waals surface area contributed by atoms with Gasteiger partial charge in [0.25, 0.3) is 0 Å². The van der Waals surface area contributed by atoms with E-state index >= 15 is 0 Å². The highest BCUT2D eigenvalue weighted by Crippen LogP contribution is 2.52. The van der Waals surface area contributed by atoms with E-state index in [0.717, 1.165) is 47.6 Å². The molecule has 2 N–H and O–H groups in total. The minimum absolute atomic E-state index is 0.208. The molecule has 1 aliphatic carbocycles. The fourth-order valence-electron chi connectivity index (χ4n) is 4.01. The first-order valence-electron chi connectivity index (χ1n) is 7.85. The van der Waals surface area contributed by atoms with Gasteiger partial charge in [0.1, 0.15) is 0 Å². The van der Waals surface area contributed by atoms with E-state index < -0.39 is 0 Å². The molecule has 0 aromatic heterocycles. The van der Waals surface area contributed by atoms with Gasteiger partial charge in [-0.05, 0) is 59.8 Å². The van der Waals surface area contributed by atoms with E-state index in [0.29, 0.717) is 5.75 Å². The largest absolute Gasteiger partial charge is 0.504 e. The van der Waals surface area contributed by atoms with Gasteiger partial charge in [0.05, 0.1) is 7.11 Å². The van der Waals surface area contributed by atoms with Crippen molar-refractivity contribution >= 4 is 0 Å². The molecule has 0 unspecified atom stereocenters. The maximum Gasteiger partial charge on any atom is 0.231 e. The Bertz CT molecular complexity index is 831. The third-order valence-corrected chi connectivity index (χ3v) is 5.04. The maximum atomic E-state index is 10.8. The second kappa shape index (κ2) is 4.55. The van der Waals surface area contributed by atoms with Gasteiger partial charge in [0, 0.05) is 11.6 Å². The molecular formula is C18H17NO4. The lowest BCUT2D eigenvalue weighted by Gasteiger charge is -2.35. The molecule has 5 rings (SSSR count). The number of methoxy groups -OCH3 is 1. The first kappa shape index (κ1) is 13.1. The summed E-state index contributed by atoms with van der Waals surface area (Å²) < 4.78 is 16.4. The molecule has 0 amide bonds. The monoisotopic (exact) mass is 311 g/mol. The van der Waals surface area contributed by atoms with Crippen molar-refractivity contribution in [1.29, 1.82) is 0 Å². The molecule has 0 spiro atoms. The minimum atomic E-state index is 0.208. The lowest BCUT2D eigenvalue weighted by atomic mass is 9.77. The Morgan fingerprint density at radius 1 is 1.17 bits per heavy atom. The fourth-order valence-corrected chi connectivity index (χ4v) is 4.01. The topological polar surface area (TPSA) is 60.0 Å². The average Bonchev–Trinajstić information content (AvgIpc) is 3.02. The van der Waals surface area contributed by atoms with Crippen LogP contribution in [0.5, 0.6) is 23.0 Å².